The monoisotopic (exact) mass is 425 g/mol. The molecule has 1 aromatic heterocycles. The van der Waals surface area contributed by atoms with Crippen LogP contribution in [0.1, 0.15) is 12.5 Å². The van der Waals surface area contributed by atoms with Gasteiger partial charge in [0.25, 0.3) is 0 Å². The number of pyridine rings is 1. The summed E-state index contributed by atoms with van der Waals surface area (Å²) in [5.74, 6) is 0.684. The zero-order valence-corrected chi connectivity index (χ0v) is 17.7. The van der Waals surface area contributed by atoms with Crippen molar-refractivity contribution in [2.75, 3.05) is 31.1 Å². The second kappa shape index (κ2) is 11.1. The molecule has 4 nitrogen and oxygen atoms in total. The molecule has 0 spiro atoms. The number of rotatable bonds is 5. The van der Waals surface area contributed by atoms with E-state index in [0.29, 0.717) is 11.5 Å². The Balaban J connectivity index is 0.00000196. The topological polar surface area (TPSA) is 37.4 Å². The second-order valence-corrected chi connectivity index (χ2v) is 6.21. The Morgan fingerprint density at radius 2 is 2.00 bits per heavy atom. The molecule has 2 aromatic rings. The van der Waals surface area contributed by atoms with E-state index in [1.807, 2.05) is 19.1 Å². The number of benzene rings is 1. The van der Waals surface area contributed by atoms with Crippen LogP contribution < -0.4 is 15.0 Å². The van der Waals surface area contributed by atoms with Gasteiger partial charge in [-0.3, -0.25) is 4.98 Å². The first-order valence-electron chi connectivity index (χ1n) is 8.82. The van der Waals surface area contributed by atoms with E-state index in [2.05, 4.69) is 27.8 Å². The summed E-state index contributed by atoms with van der Waals surface area (Å²) in [6.45, 7) is 11.1. The number of hydrogen-bond donors (Lipinski definition) is 1. The molecule has 0 atom stereocenters. The number of nitrogens with zero attached hydrogens (tertiary/aromatic N) is 2. The van der Waals surface area contributed by atoms with Crippen LogP contribution in [-0.2, 0) is 0 Å². The quantitative estimate of drug-likeness (QED) is 0.532. The normalized spacial score (nSPS) is 14.9. The van der Waals surface area contributed by atoms with Crippen LogP contribution in [0.3, 0.4) is 0 Å². The third kappa shape index (κ3) is 5.25. The number of aromatic nitrogens is 1. The van der Waals surface area contributed by atoms with Crippen LogP contribution in [0.4, 0.5) is 10.1 Å². The van der Waals surface area contributed by atoms with Crippen molar-refractivity contribution in [1.29, 1.82) is 0 Å². The van der Waals surface area contributed by atoms with E-state index in [1.54, 1.807) is 13.1 Å². The molecule has 7 heteroatoms. The van der Waals surface area contributed by atoms with Gasteiger partial charge in [0.2, 0.25) is 0 Å². The fourth-order valence-electron chi connectivity index (χ4n) is 3.05. The predicted octanol–water partition coefficient (Wildman–Crippen LogP) is 5.12. The van der Waals surface area contributed by atoms with Gasteiger partial charge in [0.1, 0.15) is 17.3 Å². The number of hydrogen-bond acceptors (Lipinski definition) is 4. The van der Waals surface area contributed by atoms with Gasteiger partial charge in [-0.2, -0.15) is 0 Å². The molecule has 1 saturated heterocycles. The van der Waals surface area contributed by atoms with Crippen LogP contribution in [0.25, 0.3) is 10.9 Å². The van der Waals surface area contributed by atoms with Crippen LogP contribution >= 0.6 is 24.8 Å². The molecule has 0 saturated carbocycles. The van der Waals surface area contributed by atoms with Gasteiger partial charge < -0.3 is 15.0 Å². The summed E-state index contributed by atoms with van der Waals surface area (Å²) in [4.78, 5) is 6.98. The van der Waals surface area contributed by atoms with Gasteiger partial charge in [-0.1, -0.05) is 18.7 Å². The number of piperazine rings is 1. The van der Waals surface area contributed by atoms with Gasteiger partial charge in [0, 0.05) is 49.4 Å². The molecule has 1 fully saturated rings. The summed E-state index contributed by atoms with van der Waals surface area (Å²) in [5, 5.41) is 4.28. The molecule has 3 rings (SSSR count). The molecule has 0 aliphatic carbocycles. The first kappa shape index (κ1) is 24.0. The number of fused-ring (bicyclic) bond motifs is 1. The number of halogens is 3. The maximum absolute atomic E-state index is 13.6. The zero-order chi connectivity index (χ0) is 18.5. The number of ether oxygens (including phenoxy) is 1. The highest BCUT2D eigenvalue weighted by atomic mass is 35.5. The van der Waals surface area contributed by atoms with Gasteiger partial charge in [-0.05, 0) is 32.1 Å². The second-order valence-electron chi connectivity index (χ2n) is 6.21. The molecule has 0 unspecified atom stereocenters. The van der Waals surface area contributed by atoms with E-state index in [1.165, 1.54) is 18.2 Å². The first-order chi connectivity index (χ1) is 12.6. The van der Waals surface area contributed by atoms with Crippen molar-refractivity contribution in [3.05, 3.63) is 66.4 Å². The molecule has 1 N–H and O–H groups in total. The Labute approximate surface area is 178 Å². The van der Waals surface area contributed by atoms with E-state index < -0.39 is 0 Å². The van der Waals surface area contributed by atoms with E-state index >= 15 is 0 Å². The number of aryl methyl sites for hydroxylation is 1. The summed E-state index contributed by atoms with van der Waals surface area (Å²) in [7, 11) is 0. The van der Waals surface area contributed by atoms with Gasteiger partial charge in [0.05, 0.1) is 11.2 Å². The Morgan fingerprint density at radius 3 is 2.64 bits per heavy atom. The molecular formula is C21H26Cl2FN3O. The number of nitrogens with one attached hydrogen (secondary N) is 1. The van der Waals surface area contributed by atoms with Gasteiger partial charge >= 0.3 is 0 Å². The summed E-state index contributed by atoms with van der Waals surface area (Å²) < 4.78 is 19.6. The van der Waals surface area contributed by atoms with Gasteiger partial charge in [-0.15, -0.1) is 24.8 Å². The van der Waals surface area contributed by atoms with Crippen molar-refractivity contribution < 1.29 is 9.13 Å². The predicted molar refractivity (Wildman–Crippen MR) is 120 cm³/mol. The highest BCUT2D eigenvalue weighted by Gasteiger charge is 2.17. The van der Waals surface area contributed by atoms with Crippen LogP contribution in [0.2, 0.25) is 0 Å². The number of allylic oxidation sites excluding steroid dienone is 4. The van der Waals surface area contributed by atoms with E-state index in [4.69, 9.17) is 4.74 Å². The SMILES string of the molecule is C=C/C(=C\C(F)=C\C)Oc1c(C)cnc2c(N3CCNCC3)cccc12.Cl.Cl. The molecular weight excluding hydrogens is 400 g/mol. The van der Waals surface area contributed by atoms with Crippen LogP contribution in [0, 0.1) is 6.92 Å². The highest BCUT2D eigenvalue weighted by Crippen LogP contribution is 2.34. The minimum absolute atomic E-state index is 0. The smallest absolute Gasteiger partial charge is 0.141 e. The number of anilines is 1. The minimum Gasteiger partial charge on any atom is -0.456 e. The van der Waals surface area contributed by atoms with Gasteiger partial charge in [-0.25, -0.2) is 4.39 Å². The van der Waals surface area contributed by atoms with E-state index in [9.17, 15) is 4.39 Å². The van der Waals surface area contributed by atoms with Crippen LogP contribution in [0.5, 0.6) is 5.75 Å². The summed E-state index contributed by atoms with van der Waals surface area (Å²) in [6, 6.07) is 6.09. The maximum Gasteiger partial charge on any atom is 0.141 e. The fourth-order valence-corrected chi connectivity index (χ4v) is 3.05. The largest absolute Gasteiger partial charge is 0.456 e. The fraction of sp³-hybridized carbons (Fsp3) is 0.286. The third-order valence-corrected chi connectivity index (χ3v) is 4.44. The average Bonchev–Trinajstić information content (AvgIpc) is 2.69. The lowest BCUT2D eigenvalue weighted by Crippen LogP contribution is -2.43. The Bertz CT molecular complexity index is 877. The summed E-state index contributed by atoms with van der Waals surface area (Å²) in [5.41, 5.74) is 2.88. The number of para-hydroxylation sites is 1. The molecule has 0 amide bonds. The Hall–Kier alpha value is -2.08. The summed E-state index contributed by atoms with van der Waals surface area (Å²) >= 11 is 0. The lowest BCUT2D eigenvalue weighted by Gasteiger charge is -2.30. The van der Waals surface area contributed by atoms with Crippen molar-refractivity contribution in [3.8, 4) is 5.75 Å². The van der Waals surface area contributed by atoms with Crippen LogP contribution in [-0.4, -0.2) is 31.2 Å². The standard InChI is InChI=1S/C21H24FN3O.2ClH/c1-4-16(22)13-17(5-2)26-21-15(3)14-24-20-18(21)7-6-8-19(20)25-11-9-23-10-12-25;;/h4-8,13-14,23H,2,9-12H2,1,3H3;2*1H/b16-4-,17-13+;;. The van der Waals surface area contributed by atoms with Gasteiger partial charge in [0.15, 0.2) is 0 Å². The van der Waals surface area contributed by atoms with E-state index in [-0.39, 0.29) is 30.6 Å². The molecule has 0 bridgehead atoms. The molecule has 0 radical (unpaired) electrons. The highest BCUT2D eigenvalue weighted by molar-refractivity contribution is 5.95. The molecule has 152 valence electrons. The lowest BCUT2D eigenvalue weighted by molar-refractivity contribution is 0.443. The molecule has 1 aliphatic rings. The Morgan fingerprint density at radius 1 is 1.29 bits per heavy atom. The maximum atomic E-state index is 13.6. The van der Waals surface area contributed by atoms with Crippen molar-refractivity contribution in [2.45, 2.75) is 13.8 Å². The first-order valence-corrected chi connectivity index (χ1v) is 8.82. The van der Waals surface area contributed by atoms with Crippen molar-refractivity contribution in [1.82, 2.24) is 10.3 Å². The molecule has 1 aromatic carbocycles. The zero-order valence-electron chi connectivity index (χ0n) is 16.1. The van der Waals surface area contributed by atoms with Crippen molar-refractivity contribution in [3.63, 3.8) is 0 Å². The van der Waals surface area contributed by atoms with Crippen molar-refractivity contribution in [2.24, 2.45) is 0 Å². The minimum atomic E-state index is -0.363. The Kier molecular flexibility index (Phi) is 9.46. The average molecular weight is 426 g/mol. The van der Waals surface area contributed by atoms with Crippen molar-refractivity contribution >= 4 is 41.4 Å². The molecule has 28 heavy (non-hydrogen) atoms. The van der Waals surface area contributed by atoms with E-state index in [0.717, 1.165) is 48.3 Å². The summed E-state index contributed by atoms with van der Waals surface area (Å²) in [6.07, 6.45) is 6.02. The van der Waals surface area contributed by atoms with Crippen LogP contribution in [0.15, 0.2) is 60.8 Å². The third-order valence-electron chi connectivity index (χ3n) is 4.44. The molecule has 2 heterocycles. The lowest BCUT2D eigenvalue weighted by atomic mass is 10.1. The molecule has 1 aliphatic heterocycles.